The number of aromatic nitrogens is 1. The number of hydrogen-bond donors (Lipinski definition) is 0. The number of ether oxygens (including phenoxy) is 2. The van der Waals surface area contributed by atoms with Crippen molar-refractivity contribution in [3.63, 3.8) is 0 Å². The Labute approximate surface area is 118 Å². The summed E-state index contributed by atoms with van der Waals surface area (Å²) in [6, 6.07) is 2.76. The molecule has 1 aliphatic heterocycles. The van der Waals surface area contributed by atoms with Gasteiger partial charge in [0.25, 0.3) is 0 Å². The Hall–Kier alpha value is -1.99. The molecular weight excluding hydrogens is 289 g/mol. The van der Waals surface area contributed by atoms with E-state index in [9.17, 15) is 18.0 Å². The number of pyridine rings is 1. The van der Waals surface area contributed by atoms with Crippen LogP contribution in [0.2, 0.25) is 0 Å². The average Bonchev–Trinajstić information content (AvgIpc) is 3.02. The molecule has 0 spiro atoms. The minimum atomic E-state index is -4.92. The number of nitrogens with zero attached hydrogens (tertiary/aromatic N) is 2. The molecule has 2 heterocycles. The van der Waals surface area contributed by atoms with Crippen molar-refractivity contribution in [2.24, 2.45) is 11.8 Å². The molecule has 21 heavy (non-hydrogen) atoms. The number of anilines is 1. The number of methoxy groups -OCH3 is 1. The van der Waals surface area contributed by atoms with Gasteiger partial charge in [-0.15, -0.1) is 13.2 Å². The second-order valence-electron chi connectivity index (χ2n) is 5.22. The van der Waals surface area contributed by atoms with Crippen molar-refractivity contribution < 1.29 is 27.4 Å². The Kier molecular flexibility index (Phi) is 3.18. The Bertz CT molecular complexity index is 566. The van der Waals surface area contributed by atoms with Crippen molar-refractivity contribution in [2.75, 3.05) is 25.1 Å². The molecule has 0 amide bonds. The van der Waals surface area contributed by atoms with Gasteiger partial charge < -0.3 is 14.4 Å². The van der Waals surface area contributed by atoms with E-state index in [1.807, 2.05) is 4.90 Å². The molecule has 0 aromatic carbocycles. The Morgan fingerprint density at radius 3 is 2.57 bits per heavy atom. The highest BCUT2D eigenvalue weighted by atomic mass is 19.4. The fourth-order valence-electron chi connectivity index (χ4n) is 2.64. The van der Waals surface area contributed by atoms with Gasteiger partial charge in [0, 0.05) is 13.1 Å². The fraction of sp³-hybridized carbons (Fsp3) is 0.538. The Balaban J connectivity index is 1.89. The van der Waals surface area contributed by atoms with Crippen molar-refractivity contribution in [3.05, 3.63) is 17.7 Å². The topological polar surface area (TPSA) is 51.7 Å². The van der Waals surface area contributed by atoms with Crippen LogP contribution in [0.25, 0.3) is 0 Å². The maximum absolute atomic E-state index is 12.4. The van der Waals surface area contributed by atoms with Crippen LogP contribution in [0.1, 0.15) is 16.8 Å². The van der Waals surface area contributed by atoms with Crippen molar-refractivity contribution >= 4 is 11.8 Å². The van der Waals surface area contributed by atoms with Gasteiger partial charge in [-0.3, -0.25) is 0 Å². The van der Waals surface area contributed by atoms with Gasteiger partial charge in [0.1, 0.15) is 11.4 Å². The third-order valence-electron chi connectivity index (χ3n) is 3.77. The maximum Gasteiger partial charge on any atom is 0.574 e. The molecule has 8 heteroatoms. The van der Waals surface area contributed by atoms with Crippen molar-refractivity contribution in [1.29, 1.82) is 0 Å². The number of piperidine rings is 1. The van der Waals surface area contributed by atoms with E-state index in [1.54, 1.807) is 0 Å². The van der Waals surface area contributed by atoms with Gasteiger partial charge in [0.15, 0.2) is 0 Å². The maximum atomic E-state index is 12.4. The summed E-state index contributed by atoms with van der Waals surface area (Å²) in [7, 11) is 1.08. The summed E-state index contributed by atoms with van der Waals surface area (Å²) in [4.78, 5) is 17.2. The summed E-state index contributed by atoms with van der Waals surface area (Å²) in [6.07, 6.45) is -3.75. The summed E-state index contributed by atoms with van der Waals surface area (Å²) in [6.45, 7) is 1.56. The van der Waals surface area contributed by atoms with E-state index < -0.39 is 18.2 Å². The molecule has 2 atom stereocenters. The van der Waals surface area contributed by atoms with Crippen LogP contribution in [0.5, 0.6) is 5.88 Å². The monoisotopic (exact) mass is 302 g/mol. The standard InChI is InChI=1S/C13H13F3N2O3/c1-20-12(19)9-2-3-10(17-11(9)21-13(14,15)16)18-5-7-4-8(7)6-18/h2-3,7-8H,4-6H2,1H3/t7-,8?/m0/s1. The lowest BCUT2D eigenvalue weighted by Crippen LogP contribution is -2.25. The summed E-state index contributed by atoms with van der Waals surface area (Å²) >= 11 is 0. The van der Waals surface area contributed by atoms with E-state index in [1.165, 1.54) is 18.6 Å². The summed E-state index contributed by atoms with van der Waals surface area (Å²) in [5.74, 6) is -0.0859. The summed E-state index contributed by atoms with van der Waals surface area (Å²) in [5, 5.41) is 0. The molecule has 1 aromatic heterocycles. The molecule has 1 saturated heterocycles. The number of halogens is 3. The van der Waals surface area contributed by atoms with E-state index in [-0.39, 0.29) is 5.56 Å². The zero-order valence-corrected chi connectivity index (χ0v) is 11.2. The van der Waals surface area contributed by atoms with Gasteiger partial charge in [-0.05, 0) is 30.4 Å². The van der Waals surface area contributed by atoms with Crippen molar-refractivity contribution in [2.45, 2.75) is 12.8 Å². The van der Waals surface area contributed by atoms with E-state index in [4.69, 9.17) is 0 Å². The first-order valence-corrected chi connectivity index (χ1v) is 6.47. The first kappa shape index (κ1) is 14.0. The van der Waals surface area contributed by atoms with Crippen LogP contribution in [0.15, 0.2) is 12.1 Å². The highest BCUT2D eigenvalue weighted by Crippen LogP contribution is 2.46. The third kappa shape index (κ3) is 2.88. The molecule has 1 saturated carbocycles. The van der Waals surface area contributed by atoms with E-state index in [0.717, 1.165) is 20.2 Å². The van der Waals surface area contributed by atoms with Crippen LogP contribution >= 0.6 is 0 Å². The molecule has 1 unspecified atom stereocenters. The number of alkyl halides is 3. The van der Waals surface area contributed by atoms with Crippen LogP contribution in [0.4, 0.5) is 19.0 Å². The first-order valence-electron chi connectivity index (χ1n) is 6.47. The van der Waals surface area contributed by atoms with E-state index >= 15 is 0 Å². The third-order valence-corrected chi connectivity index (χ3v) is 3.77. The van der Waals surface area contributed by atoms with Crippen LogP contribution in [0.3, 0.4) is 0 Å². The zero-order valence-electron chi connectivity index (χ0n) is 11.2. The second kappa shape index (κ2) is 4.78. The van der Waals surface area contributed by atoms with Gasteiger partial charge in [0.2, 0.25) is 5.88 Å². The van der Waals surface area contributed by atoms with Gasteiger partial charge in [-0.25, -0.2) is 4.79 Å². The molecule has 114 valence electrons. The molecular formula is C13H13F3N2O3. The number of carbonyl (C=O) groups excluding carboxylic acids is 1. The first-order chi connectivity index (χ1) is 9.87. The fourth-order valence-corrected chi connectivity index (χ4v) is 2.64. The normalized spacial score (nSPS) is 23.7. The molecule has 1 aliphatic carbocycles. The predicted octanol–water partition coefficient (Wildman–Crippen LogP) is 2.22. The lowest BCUT2D eigenvalue weighted by Gasteiger charge is -2.20. The van der Waals surface area contributed by atoms with Crippen LogP contribution < -0.4 is 9.64 Å². The number of rotatable bonds is 3. The van der Waals surface area contributed by atoms with Crippen molar-refractivity contribution in [1.82, 2.24) is 4.98 Å². The van der Waals surface area contributed by atoms with Gasteiger partial charge >= 0.3 is 12.3 Å². The number of hydrogen-bond acceptors (Lipinski definition) is 5. The highest BCUT2D eigenvalue weighted by Gasteiger charge is 2.45. The van der Waals surface area contributed by atoms with Crippen LogP contribution in [0, 0.1) is 11.8 Å². The van der Waals surface area contributed by atoms with E-state index in [2.05, 4.69) is 14.5 Å². The molecule has 2 fully saturated rings. The number of carbonyl (C=O) groups is 1. The lowest BCUT2D eigenvalue weighted by atomic mass is 10.2. The largest absolute Gasteiger partial charge is 0.574 e. The van der Waals surface area contributed by atoms with Crippen LogP contribution in [-0.4, -0.2) is 37.5 Å². The number of esters is 1. The molecule has 0 radical (unpaired) electrons. The Morgan fingerprint density at radius 2 is 2.00 bits per heavy atom. The van der Waals surface area contributed by atoms with Gasteiger partial charge in [0.05, 0.1) is 7.11 Å². The van der Waals surface area contributed by atoms with Crippen LogP contribution in [-0.2, 0) is 4.74 Å². The average molecular weight is 302 g/mol. The van der Waals surface area contributed by atoms with Gasteiger partial charge in [-0.1, -0.05) is 0 Å². The van der Waals surface area contributed by atoms with E-state index in [0.29, 0.717) is 17.7 Å². The minimum absolute atomic E-state index is 0.345. The summed E-state index contributed by atoms with van der Waals surface area (Å²) in [5.41, 5.74) is -0.345. The molecule has 0 bridgehead atoms. The van der Waals surface area contributed by atoms with Gasteiger partial charge in [-0.2, -0.15) is 4.98 Å². The SMILES string of the molecule is COC(=O)c1ccc(N2CC3C[C@H]3C2)nc1OC(F)(F)F. The minimum Gasteiger partial charge on any atom is -0.465 e. The Morgan fingerprint density at radius 1 is 1.33 bits per heavy atom. The number of fused-ring (bicyclic) bond motifs is 1. The smallest absolute Gasteiger partial charge is 0.465 e. The molecule has 0 N–H and O–H groups in total. The molecule has 3 rings (SSSR count). The highest BCUT2D eigenvalue weighted by molar-refractivity contribution is 5.92. The lowest BCUT2D eigenvalue weighted by molar-refractivity contribution is -0.276. The van der Waals surface area contributed by atoms with Crippen molar-refractivity contribution in [3.8, 4) is 5.88 Å². The zero-order chi connectivity index (χ0) is 15.2. The molecule has 5 nitrogen and oxygen atoms in total. The molecule has 1 aromatic rings. The molecule has 2 aliphatic rings. The predicted molar refractivity (Wildman–Crippen MR) is 66.1 cm³/mol. The second-order valence-corrected chi connectivity index (χ2v) is 5.22. The quantitative estimate of drug-likeness (QED) is 0.801. The summed E-state index contributed by atoms with van der Waals surface area (Å²) < 4.78 is 45.6.